The topological polar surface area (TPSA) is 32.3 Å². The van der Waals surface area contributed by atoms with Crippen LogP contribution in [0.4, 0.5) is 4.39 Å². The van der Waals surface area contributed by atoms with Crippen molar-refractivity contribution in [2.24, 2.45) is 0 Å². The third-order valence-corrected chi connectivity index (χ3v) is 4.33. The molecule has 0 radical (unpaired) electrons. The summed E-state index contributed by atoms with van der Waals surface area (Å²) in [5, 5.41) is 14.1. The Kier molecular flexibility index (Phi) is 2.85. The molecule has 0 spiro atoms. The Labute approximate surface area is 105 Å². The number of hydrogen-bond donors (Lipinski definition) is 2. The molecule has 2 nitrogen and oxygen atoms in total. The molecule has 0 aliphatic carbocycles. The molecule has 2 aliphatic rings. The molecule has 1 unspecified atom stereocenters. The molecule has 2 saturated heterocycles. The summed E-state index contributed by atoms with van der Waals surface area (Å²) in [4.78, 5) is 0. The summed E-state index contributed by atoms with van der Waals surface area (Å²) in [6.45, 7) is 0. The van der Waals surface area contributed by atoms with Crippen molar-refractivity contribution in [3.8, 4) is 0 Å². The fourth-order valence-corrected chi connectivity index (χ4v) is 3.45. The van der Waals surface area contributed by atoms with Crippen LogP contribution in [0.15, 0.2) is 18.2 Å². The number of aliphatic hydroxyl groups is 1. The predicted molar refractivity (Wildman–Crippen MR) is 64.7 cm³/mol. The number of benzene rings is 1. The van der Waals surface area contributed by atoms with Gasteiger partial charge in [-0.25, -0.2) is 4.39 Å². The highest BCUT2D eigenvalue weighted by molar-refractivity contribution is 6.31. The maximum Gasteiger partial charge on any atom is 0.124 e. The predicted octanol–water partition coefficient (Wildman–Crippen LogP) is 2.45. The van der Waals surface area contributed by atoms with Gasteiger partial charge in [-0.3, -0.25) is 0 Å². The van der Waals surface area contributed by atoms with E-state index in [4.69, 9.17) is 11.6 Å². The van der Waals surface area contributed by atoms with Crippen LogP contribution in [0.25, 0.3) is 0 Å². The molecular formula is C13H15ClFNO. The van der Waals surface area contributed by atoms with Gasteiger partial charge in [-0.15, -0.1) is 0 Å². The molecule has 0 aromatic heterocycles. The third-order valence-electron chi connectivity index (χ3n) is 4.00. The van der Waals surface area contributed by atoms with Crippen molar-refractivity contribution < 1.29 is 9.50 Å². The van der Waals surface area contributed by atoms with E-state index in [9.17, 15) is 9.50 Å². The number of nitrogens with one attached hydrogen (secondary N) is 1. The van der Waals surface area contributed by atoms with E-state index >= 15 is 0 Å². The minimum atomic E-state index is -0.420. The molecule has 2 bridgehead atoms. The van der Waals surface area contributed by atoms with Gasteiger partial charge in [-0.05, 0) is 37.0 Å². The van der Waals surface area contributed by atoms with Gasteiger partial charge in [-0.2, -0.15) is 0 Å². The SMILES string of the molecule is O[C@@H]1[C@H]2CCC(C[C@H]1c1ccc(F)cc1Cl)N2. The van der Waals surface area contributed by atoms with Crippen molar-refractivity contribution in [1.29, 1.82) is 0 Å². The van der Waals surface area contributed by atoms with E-state index in [0.717, 1.165) is 24.8 Å². The van der Waals surface area contributed by atoms with E-state index in [1.165, 1.54) is 12.1 Å². The molecule has 2 heterocycles. The Bertz CT molecular complexity index is 439. The first kappa shape index (κ1) is 11.5. The molecule has 4 heteroatoms. The van der Waals surface area contributed by atoms with Gasteiger partial charge in [0.2, 0.25) is 0 Å². The van der Waals surface area contributed by atoms with E-state index in [1.54, 1.807) is 6.07 Å². The zero-order valence-electron chi connectivity index (χ0n) is 9.37. The highest BCUT2D eigenvalue weighted by atomic mass is 35.5. The van der Waals surface area contributed by atoms with Crippen LogP contribution in [0.2, 0.25) is 5.02 Å². The number of halogens is 2. The normalized spacial score (nSPS) is 36.2. The first-order valence-electron chi connectivity index (χ1n) is 6.04. The highest BCUT2D eigenvalue weighted by Gasteiger charge is 2.41. The molecule has 1 aromatic carbocycles. The molecule has 2 N–H and O–H groups in total. The summed E-state index contributed by atoms with van der Waals surface area (Å²) in [6.07, 6.45) is 2.58. The maximum absolute atomic E-state index is 13.0. The fourth-order valence-electron chi connectivity index (χ4n) is 3.14. The summed E-state index contributed by atoms with van der Waals surface area (Å²) in [7, 11) is 0. The van der Waals surface area contributed by atoms with Gasteiger partial charge >= 0.3 is 0 Å². The lowest BCUT2D eigenvalue weighted by Crippen LogP contribution is -2.47. The Balaban J connectivity index is 1.93. The van der Waals surface area contributed by atoms with Gasteiger partial charge in [0.1, 0.15) is 5.82 Å². The van der Waals surface area contributed by atoms with Crippen LogP contribution in [0.3, 0.4) is 0 Å². The number of hydrogen-bond acceptors (Lipinski definition) is 2. The number of piperidine rings is 1. The summed E-state index contributed by atoms with van der Waals surface area (Å²) in [5.41, 5.74) is 0.874. The van der Waals surface area contributed by atoms with Crippen molar-refractivity contribution >= 4 is 11.6 Å². The monoisotopic (exact) mass is 255 g/mol. The smallest absolute Gasteiger partial charge is 0.124 e. The molecule has 17 heavy (non-hydrogen) atoms. The first-order valence-corrected chi connectivity index (χ1v) is 6.42. The Morgan fingerprint density at radius 3 is 2.94 bits per heavy atom. The minimum absolute atomic E-state index is 0.0295. The van der Waals surface area contributed by atoms with Crippen molar-refractivity contribution in [3.05, 3.63) is 34.6 Å². The van der Waals surface area contributed by atoms with Crippen LogP contribution < -0.4 is 5.32 Å². The molecule has 92 valence electrons. The van der Waals surface area contributed by atoms with E-state index in [-0.39, 0.29) is 17.8 Å². The first-order chi connectivity index (χ1) is 8.15. The lowest BCUT2D eigenvalue weighted by molar-refractivity contribution is 0.0807. The molecule has 2 aliphatic heterocycles. The zero-order chi connectivity index (χ0) is 12.0. The Morgan fingerprint density at radius 2 is 2.18 bits per heavy atom. The van der Waals surface area contributed by atoms with Crippen LogP contribution >= 0.6 is 11.6 Å². The standard InChI is InChI=1S/C13H15ClFNO/c14-11-5-7(15)1-3-9(11)10-6-8-2-4-12(16-8)13(10)17/h1,3,5,8,10,12-13,16-17H,2,4,6H2/t8?,10-,12+,13-/m0/s1. The van der Waals surface area contributed by atoms with Gasteiger partial charge in [0, 0.05) is 23.0 Å². The molecular weight excluding hydrogens is 241 g/mol. The van der Waals surface area contributed by atoms with E-state index in [0.29, 0.717) is 11.1 Å². The summed E-state index contributed by atoms with van der Waals surface area (Å²) < 4.78 is 13.0. The number of aliphatic hydroxyl groups excluding tert-OH is 1. The average molecular weight is 256 g/mol. The number of rotatable bonds is 1. The molecule has 2 fully saturated rings. The highest BCUT2D eigenvalue weighted by Crippen LogP contribution is 2.39. The fraction of sp³-hybridized carbons (Fsp3) is 0.538. The minimum Gasteiger partial charge on any atom is -0.391 e. The molecule has 1 aromatic rings. The van der Waals surface area contributed by atoms with Gasteiger partial charge in [0.15, 0.2) is 0 Å². The lowest BCUT2D eigenvalue weighted by atomic mass is 9.84. The second kappa shape index (κ2) is 4.23. The van der Waals surface area contributed by atoms with Gasteiger partial charge in [-0.1, -0.05) is 17.7 Å². The molecule has 0 saturated carbocycles. The average Bonchev–Trinajstić information content (AvgIpc) is 2.69. The molecule has 3 rings (SSSR count). The van der Waals surface area contributed by atoms with E-state index in [2.05, 4.69) is 5.32 Å². The van der Waals surface area contributed by atoms with Gasteiger partial charge in [0.05, 0.1) is 6.10 Å². The van der Waals surface area contributed by atoms with Crippen LogP contribution in [0.5, 0.6) is 0 Å². The van der Waals surface area contributed by atoms with Crippen molar-refractivity contribution in [1.82, 2.24) is 5.32 Å². The lowest BCUT2D eigenvalue weighted by Gasteiger charge is -2.35. The van der Waals surface area contributed by atoms with Crippen LogP contribution in [-0.4, -0.2) is 23.3 Å². The van der Waals surface area contributed by atoms with Crippen LogP contribution in [-0.2, 0) is 0 Å². The van der Waals surface area contributed by atoms with Crippen molar-refractivity contribution in [3.63, 3.8) is 0 Å². The quantitative estimate of drug-likeness (QED) is 0.808. The van der Waals surface area contributed by atoms with Crippen molar-refractivity contribution in [2.75, 3.05) is 0 Å². The maximum atomic E-state index is 13.0. The largest absolute Gasteiger partial charge is 0.391 e. The Hall–Kier alpha value is -0.640. The third kappa shape index (κ3) is 1.96. The molecule has 0 amide bonds. The van der Waals surface area contributed by atoms with Gasteiger partial charge in [0.25, 0.3) is 0 Å². The van der Waals surface area contributed by atoms with Crippen LogP contribution in [0.1, 0.15) is 30.7 Å². The van der Waals surface area contributed by atoms with E-state index in [1.807, 2.05) is 0 Å². The second-order valence-corrected chi connectivity index (χ2v) is 5.45. The summed E-state index contributed by atoms with van der Waals surface area (Å²) in [5.74, 6) is -0.299. The summed E-state index contributed by atoms with van der Waals surface area (Å²) in [6, 6.07) is 5.08. The molecule has 4 atom stereocenters. The second-order valence-electron chi connectivity index (χ2n) is 5.05. The van der Waals surface area contributed by atoms with Crippen LogP contribution in [0, 0.1) is 5.82 Å². The summed E-state index contributed by atoms with van der Waals surface area (Å²) >= 11 is 6.07. The number of fused-ring (bicyclic) bond motifs is 2. The van der Waals surface area contributed by atoms with Crippen molar-refractivity contribution in [2.45, 2.75) is 43.4 Å². The van der Waals surface area contributed by atoms with Gasteiger partial charge < -0.3 is 10.4 Å². The Morgan fingerprint density at radius 1 is 1.35 bits per heavy atom. The van der Waals surface area contributed by atoms with E-state index < -0.39 is 6.10 Å². The zero-order valence-corrected chi connectivity index (χ0v) is 10.1.